The maximum Gasteiger partial charge on any atom is 0.320 e. The second kappa shape index (κ2) is 18.5. The Bertz CT molecular complexity index is 1580. The Balaban J connectivity index is 1.26. The number of fused-ring (bicyclic) bond motifs is 1. The number of nitrogen functional groups attached to an aromatic ring is 1. The summed E-state index contributed by atoms with van der Waals surface area (Å²) in [5, 5.41) is 28.7. The summed E-state index contributed by atoms with van der Waals surface area (Å²) in [6, 6.07) is -1.51. The number of carboxylic acids is 1. The van der Waals surface area contributed by atoms with Crippen LogP contribution in [-0.4, -0.2) is 142 Å². The molecule has 1 fully saturated rings. The zero-order valence-corrected chi connectivity index (χ0v) is 27.9. The molecule has 3 aromatic heterocycles. The van der Waals surface area contributed by atoms with Crippen molar-refractivity contribution >= 4 is 33.0 Å². The lowest BCUT2D eigenvalue weighted by molar-refractivity contribution is -0.138. The molecule has 4 heterocycles. The van der Waals surface area contributed by atoms with Crippen LogP contribution in [0.4, 0.5) is 5.82 Å². The molecule has 0 aliphatic carbocycles. The number of aromatic nitrogens is 7. The van der Waals surface area contributed by atoms with E-state index in [1.54, 1.807) is 15.4 Å². The molecule has 49 heavy (non-hydrogen) atoms. The molecule has 4 rings (SSSR count). The van der Waals surface area contributed by atoms with Crippen LogP contribution < -0.4 is 21.9 Å². The van der Waals surface area contributed by atoms with Gasteiger partial charge < -0.3 is 51.1 Å². The third-order valence-electron chi connectivity index (χ3n) is 7.65. The van der Waals surface area contributed by atoms with Crippen LogP contribution >= 0.6 is 0 Å². The van der Waals surface area contributed by atoms with E-state index in [-0.39, 0.29) is 45.2 Å². The third kappa shape index (κ3) is 11.6. The topological polar surface area (TPSA) is 302 Å². The Morgan fingerprint density at radius 2 is 1.82 bits per heavy atom. The van der Waals surface area contributed by atoms with Gasteiger partial charge in [0.15, 0.2) is 17.7 Å². The molecule has 3 aromatic rings. The van der Waals surface area contributed by atoms with Crippen LogP contribution in [0.25, 0.3) is 11.2 Å². The number of carbonyl (C=O) groups is 1. The lowest BCUT2D eigenvalue weighted by Gasteiger charge is -2.23. The highest BCUT2D eigenvalue weighted by molar-refractivity contribution is 7.88. The monoisotopic (exact) mass is 715 g/mol. The molecule has 0 spiro atoms. The van der Waals surface area contributed by atoms with Crippen molar-refractivity contribution in [3.05, 3.63) is 24.5 Å². The fraction of sp³-hybridized carbons (Fsp3) is 0.704. The van der Waals surface area contributed by atoms with E-state index in [1.165, 1.54) is 12.7 Å². The quantitative estimate of drug-likeness (QED) is 0.0431. The van der Waals surface area contributed by atoms with Crippen molar-refractivity contribution in [2.75, 3.05) is 58.4 Å². The van der Waals surface area contributed by atoms with Gasteiger partial charge in [0.25, 0.3) is 0 Å². The number of anilines is 1. The summed E-state index contributed by atoms with van der Waals surface area (Å²) < 4.78 is 56.0. The molecule has 0 aromatic carbocycles. The molecule has 6 atom stereocenters. The number of hydrogen-bond acceptors (Lipinski definition) is 17. The number of imidazole rings is 1. The van der Waals surface area contributed by atoms with Gasteiger partial charge in [-0.3, -0.25) is 9.36 Å². The molecule has 1 aliphatic rings. The summed E-state index contributed by atoms with van der Waals surface area (Å²) in [5.41, 5.74) is 19.5. The number of carboxylic acid groups (broad SMARTS) is 1. The molecule has 0 radical (unpaired) electrons. The first kappa shape index (κ1) is 38.4. The highest BCUT2D eigenvalue weighted by Gasteiger charge is 2.46. The molecule has 9 N–H and O–H groups in total. The second-order valence-electron chi connectivity index (χ2n) is 11.4. The molecule has 0 unspecified atom stereocenters. The smallest absolute Gasteiger partial charge is 0.320 e. The normalized spacial score (nSPS) is 21.0. The first-order valence-corrected chi connectivity index (χ1v) is 17.5. The van der Waals surface area contributed by atoms with Gasteiger partial charge in [0.05, 0.1) is 76.8 Å². The second-order valence-corrected chi connectivity index (χ2v) is 13.2. The van der Waals surface area contributed by atoms with Gasteiger partial charge in [-0.15, -0.1) is 5.10 Å². The molecule has 1 aliphatic heterocycles. The highest BCUT2D eigenvalue weighted by atomic mass is 32.2. The fourth-order valence-electron chi connectivity index (χ4n) is 5.11. The minimum absolute atomic E-state index is 0.116. The molecular formula is C27H45N11O10S. The van der Waals surface area contributed by atoms with Gasteiger partial charge in [0, 0.05) is 12.5 Å². The highest BCUT2D eigenvalue weighted by Crippen LogP contribution is 2.35. The Hall–Kier alpha value is -3.45. The lowest BCUT2D eigenvalue weighted by atomic mass is 9.98. The summed E-state index contributed by atoms with van der Waals surface area (Å²) in [7, 11) is -3.30. The number of sulfonamides is 1. The SMILES string of the molecule is CS(=O)(=O)NCOCCOCCOCCn1nncc1CCO[C@H]1[C@@H](O)[C@H](n2cnc3c(N)ncnc32)O[C@@H]1C[C@@H](N)CC[C@H](N)C(=O)O. The van der Waals surface area contributed by atoms with Crippen molar-refractivity contribution in [1.29, 1.82) is 0 Å². The van der Waals surface area contributed by atoms with E-state index >= 15 is 0 Å². The van der Waals surface area contributed by atoms with Crippen molar-refractivity contribution in [1.82, 2.24) is 39.2 Å². The maximum atomic E-state index is 11.4. The van der Waals surface area contributed by atoms with E-state index in [4.69, 9.17) is 46.0 Å². The summed E-state index contributed by atoms with van der Waals surface area (Å²) >= 11 is 0. The van der Waals surface area contributed by atoms with Gasteiger partial charge in [0.2, 0.25) is 10.0 Å². The van der Waals surface area contributed by atoms with Crippen LogP contribution in [0.5, 0.6) is 0 Å². The number of nitrogens with two attached hydrogens (primary N) is 3. The summed E-state index contributed by atoms with van der Waals surface area (Å²) in [6.45, 7) is 2.05. The van der Waals surface area contributed by atoms with Crippen molar-refractivity contribution in [3.8, 4) is 0 Å². The zero-order chi connectivity index (χ0) is 35.4. The zero-order valence-electron chi connectivity index (χ0n) is 27.1. The van der Waals surface area contributed by atoms with Gasteiger partial charge in [-0.2, -0.15) is 4.72 Å². The molecule has 0 saturated carbocycles. The summed E-state index contributed by atoms with van der Waals surface area (Å²) in [4.78, 5) is 23.6. The Labute approximate surface area is 282 Å². The van der Waals surface area contributed by atoms with Gasteiger partial charge in [-0.25, -0.2) is 28.1 Å². The molecule has 1 saturated heterocycles. The number of ether oxygens (including phenoxy) is 5. The first-order valence-electron chi connectivity index (χ1n) is 15.6. The third-order valence-corrected chi connectivity index (χ3v) is 8.29. The summed E-state index contributed by atoms with van der Waals surface area (Å²) in [5.74, 6) is -0.921. The average molecular weight is 716 g/mol. The van der Waals surface area contributed by atoms with Gasteiger partial charge >= 0.3 is 5.97 Å². The number of nitrogens with zero attached hydrogens (tertiary/aromatic N) is 7. The average Bonchev–Trinajstić information content (AvgIpc) is 3.76. The molecule has 274 valence electrons. The minimum Gasteiger partial charge on any atom is -0.480 e. The van der Waals surface area contributed by atoms with Gasteiger partial charge in [0.1, 0.15) is 36.8 Å². The van der Waals surface area contributed by atoms with E-state index in [1.807, 2.05) is 0 Å². The Morgan fingerprint density at radius 3 is 2.55 bits per heavy atom. The molecular weight excluding hydrogens is 670 g/mol. The van der Waals surface area contributed by atoms with Crippen molar-refractivity contribution in [2.45, 2.75) is 68.9 Å². The van der Waals surface area contributed by atoms with Crippen molar-refractivity contribution in [3.63, 3.8) is 0 Å². The molecule has 22 heteroatoms. The predicted octanol–water partition coefficient (Wildman–Crippen LogP) is -2.65. The fourth-order valence-corrected chi connectivity index (χ4v) is 5.40. The van der Waals surface area contributed by atoms with E-state index in [9.17, 15) is 18.3 Å². The van der Waals surface area contributed by atoms with Crippen molar-refractivity contribution in [2.24, 2.45) is 11.5 Å². The van der Waals surface area contributed by atoms with Crippen molar-refractivity contribution < 1.29 is 47.1 Å². The standard InChI is InChI=1S/C27H45N11O10S/c1-49(42,43)35-16-46-11-10-45-9-8-44-7-5-38-18(13-34-36-38)4-6-47-23-20(12-17(28)2-3-19(29)27(40)41)48-26(22(23)39)37-15-33-21-24(30)31-14-32-25(21)37/h13-15,17,19-20,22-23,26,35,39H,2-12,16,28-29H2,1H3,(H,40,41)(H2,30,31,32)/t17-,19-,20+,22+,23+,26+/m0/s1. The van der Waals surface area contributed by atoms with Crippen LogP contribution in [-0.2, 0) is 51.5 Å². The van der Waals surface area contributed by atoms with Gasteiger partial charge in [-0.1, -0.05) is 5.21 Å². The number of aliphatic hydroxyl groups excluding tert-OH is 1. The van der Waals surface area contributed by atoms with Crippen LogP contribution in [0.1, 0.15) is 31.2 Å². The number of hydrogen-bond donors (Lipinski definition) is 6. The van der Waals surface area contributed by atoms with E-state index < -0.39 is 52.6 Å². The molecule has 0 bridgehead atoms. The van der Waals surface area contributed by atoms with E-state index in [2.05, 4.69) is 30.0 Å². The maximum absolute atomic E-state index is 11.4. The van der Waals surface area contributed by atoms with E-state index in [0.29, 0.717) is 50.4 Å². The van der Waals surface area contributed by atoms with Crippen LogP contribution in [0.3, 0.4) is 0 Å². The first-order chi connectivity index (χ1) is 23.4. The largest absolute Gasteiger partial charge is 0.480 e. The Kier molecular flexibility index (Phi) is 14.5. The van der Waals surface area contributed by atoms with Crippen LogP contribution in [0, 0.1) is 0 Å². The number of rotatable bonds is 23. The van der Waals surface area contributed by atoms with Crippen LogP contribution in [0.15, 0.2) is 18.9 Å². The van der Waals surface area contributed by atoms with Crippen LogP contribution in [0.2, 0.25) is 0 Å². The Morgan fingerprint density at radius 1 is 1.08 bits per heavy atom. The minimum atomic E-state index is -3.30. The predicted molar refractivity (Wildman–Crippen MR) is 171 cm³/mol. The lowest BCUT2D eigenvalue weighted by Crippen LogP contribution is -2.39. The molecule has 0 amide bonds. The number of aliphatic hydroxyl groups is 1. The van der Waals surface area contributed by atoms with Gasteiger partial charge in [-0.05, 0) is 19.3 Å². The number of nitrogens with one attached hydrogen (secondary N) is 1. The molecule has 21 nitrogen and oxygen atoms in total. The van der Waals surface area contributed by atoms with E-state index in [0.717, 1.165) is 11.9 Å². The number of aliphatic carboxylic acids is 1. The summed E-state index contributed by atoms with van der Waals surface area (Å²) in [6.07, 6.45) is 3.12.